The number of imidazole rings is 1. The number of hydrogen-bond donors (Lipinski definition) is 2. The standard InChI is InChI=1S/C27H26FN7O4/c1-15-4-3-5-16-10-22(35(23(15)16)14-18-6-8-29-39-18)25-32-21-11-19-20(31-24(21)33(25)2)7-9-34(26(19)36)13-17(12-28)30-27(37)38/h3-6,8,10-11,17,30H,7,9,12-14H2,1-2H3,(H,37,38). The van der Waals surface area contributed by atoms with Crippen LogP contribution < -0.4 is 5.32 Å². The van der Waals surface area contributed by atoms with Crippen molar-refractivity contribution in [2.24, 2.45) is 7.05 Å². The van der Waals surface area contributed by atoms with Crippen LogP contribution in [0.4, 0.5) is 9.18 Å². The maximum Gasteiger partial charge on any atom is 0.405 e. The van der Waals surface area contributed by atoms with E-state index in [4.69, 9.17) is 19.6 Å². The summed E-state index contributed by atoms with van der Waals surface area (Å²) in [5.74, 6) is 1.07. The Balaban J connectivity index is 1.42. The molecule has 2 amide bonds. The number of carbonyl (C=O) groups is 2. The van der Waals surface area contributed by atoms with Gasteiger partial charge in [0.2, 0.25) is 0 Å². The number of benzene rings is 1. The smallest absolute Gasteiger partial charge is 0.405 e. The van der Waals surface area contributed by atoms with Crippen molar-refractivity contribution in [3.8, 4) is 11.5 Å². The Bertz CT molecular complexity index is 1720. The molecule has 0 radical (unpaired) electrons. The van der Waals surface area contributed by atoms with E-state index in [-0.39, 0.29) is 12.5 Å². The predicted molar refractivity (Wildman–Crippen MR) is 140 cm³/mol. The summed E-state index contributed by atoms with van der Waals surface area (Å²) < 4.78 is 22.8. The maximum absolute atomic E-state index is 13.4. The molecule has 11 nitrogen and oxygen atoms in total. The first-order chi connectivity index (χ1) is 18.8. The Morgan fingerprint density at radius 1 is 1.26 bits per heavy atom. The van der Waals surface area contributed by atoms with Crippen molar-refractivity contribution in [2.45, 2.75) is 25.9 Å². The lowest BCUT2D eigenvalue weighted by Crippen LogP contribution is -2.48. The molecule has 0 saturated carbocycles. The molecule has 0 aliphatic carbocycles. The van der Waals surface area contributed by atoms with E-state index in [0.29, 0.717) is 53.5 Å². The van der Waals surface area contributed by atoms with Gasteiger partial charge in [0.05, 0.1) is 41.3 Å². The van der Waals surface area contributed by atoms with E-state index in [1.54, 1.807) is 12.3 Å². The van der Waals surface area contributed by atoms with Gasteiger partial charge in [-0.05, 0) is 24.6 Å². The molecule has 0 bridgehead atoms. The number of halogens is 1. The first-order valence-electron chi connectivity index (χ1n) is 12.5. The Morgan fingerprint density at radius 2 is 2.10 bits per heavy atom. The predicted octanol–water partition coefficient (Wildman–Crippen LogP) is 3.54. The van der Waals surface area contributed by atoms with Crippen LogP contribution in [0.25, 0.3) is 33.6 Å². The van der Waals surface area contributed by atoms with Crippen molar-refractivity contribution in [1.82, 2.24) is 34.5 Å². The number of nitrogens with zero attached hydrogens (tertiary/aromatic N) is 6. The molecule has 12 heteroatoms. The van der Waals surface area contributed by atoms with Gasteiger partial charge in [-0.2, -0.15) is 0 Å². The summed E-state index contributed by atoms with van der Waals surface area (Å²) in [6, 6.07) is 10.8. The lowest BCUT2D eigenvalue weighted by Gasteiger charge is -2.30. The number of nitrogens with one attached hydrogen (secondary N) is 1. The van der Waals surface area contributed by atoms with E-state index in [2.05, 4.69) is 40.2 Å². The number of para-hydroxylation sites is 1. The van der Waals surface area contributed by atoms with E-state index in [9.17, 15) is 14.0 Å². The summed E-state index contributed by atoms with van der Waals surface area (Å²) in [5, 5.41) is 16.0. The largest absolute Gasteiger partial charge is 0.465 e. The van der Waals surface area contributed by atoms with Gasteiger partial charge in [-0.3, -0.25) is 4.79 Å². The van der Waals surface area contributed by atoms with Crippen LogP contribution in [0, 0.1) is 6.92 Å². The molecular formula is C27H26FN7O4. The number of fused-ring (bicyclic) bond motifs is 3. The van der Waals surface area contributed by atoms with Gasteiger partial charge >= 0.3 is 6.09 Å². The number of rotatable bonds is 7. The minimum absolute atomic E-state index is 0.0618. The van der Waals surface area contributed by atoms with E-state index >= 15 is 0 Å². The lowest BCUT2D eigenvalue weighted by atomic mass is 10.0. The van der Waals surface area contributed by atoms with Gasteiger partial charge in [-0.15, -0.1) is 0 Å². The summed E-state index contributed by atoms with van der Waals surface area (Å²) in [6.45, 7) is 1.87. The van der Waals surface area contributed by atoms with Crippen LogP contribution in [-0.4, -0.2) is 72.1 Å². The van der Waals surface area contributed by atoms with Crippen LogP contribution in [0.15, 0.2) is 47.1 Å². The monoisotopic (exact) mass is 531 g/mol. The second-order valence-corrected chi connectivity index (χ2v) is 9.73. The molecule has 200 valence electrons. The molecule has 0 spiro atoms. The Labute approximate surface area is 221 Å². The Kier molecular flexibility index (Phi) is 6.01. The van der Waals surface area contributed by atoms with Crippen molar-refractivity contribution >= 4 is 34.1 Å². The third kappa shape index (κ3) is 4.27. The molecule has 4 aromatic heterocycles. The van der Waals surface area contributed by atoms with E-state index in [0.717, 1.165) is 22.2 Å². The highest BCUT2D eigenvalue weighted by Gasteiger charge is 2.30. The fourth-order valence-corrected chi connectivity index (χ4v) is 5.36. The molecule has 2 N–H and O–H groups in total. The van der Waals surface area contributed by atoms with Crippen LogP contribution in [-0.2, 0) is 20.0 Å². The molecule has 1 aliphatic rings. The minimum atomic E-state index is -1.33. The summed E-state index contributed by atoms with van der Waals surface area (Å²) in [5.41, 5.74) is 5.27. The van der Waals surface area contributed by atoms with E-state index in [1.165, 1.54) is 4.90 Å². The number of amides is 2. The number of alkyl halides is 1. The SMILES string of the molecule is Cc1cccc2cc(-c3nc4cc5c(nc4n3C)CCN(CC(CF)NC(=O)O)C5=O)n(Cc3ccno3)c12. The number of aromatic nitrogens is 5. The molecule has 1 atom stereocenters. The van der Waals surface area contributed by atoms with Crippen LogP contribution >= 0.6 is 0 Å². The van der Waals surface area contributed by atoms with E-state index < -0.39 is 18.8 Å². The fraction of sp³-hybridized carbons (Fsp3) is 0.296. The second-order valence-electron chi connectivity index (χ2n) is 9.73. The molecular weight excluding hydrogens is 505 g/mol. The third-order valence-electron chi connectivity index (χ3n) is 7.17. The molecule has 0 fully saturated rings. The number of pyridine rings is 1. The van der Waals surface area contributed by atoms with Crippen LogP contribution in [0.2, 0.25) is 0 Å². The summed E-state index contributed by atoms with van der Waals surface area (Å²) in [4.78, 5) is 35.4. The molecule has 1 aliphatic heterocycles. The van der Waals surface area contributed by atoms with Crippen molar-refractivity contribution in [3.05, 3.63) is 65.2 Å². The fourth-order valence-electron chi connectivity index (χ4n) is 5.36. The number of carboxylic acid groups (broad SMARTS) is 1. The molecule has 1 aromatic carbocycles. The zero-order valence-corrected chi connectivity index (χ0v) is 21.4. The third-order valence-corrected chi connectivity index (χ3v) is 7.17. The quantitative estimate of drug-likeness (QED) is 0.328. The van der Waals surface area contributed by atoms with Gasteiger partial charge in [0.25, 0.3) is 5.91 Å². The summed E-state index contributed by atoms with van der Waals surface area (Å²) >= 11 is 0. The van der Waals surface area contributed by atoms with Gasteiger partial charge in [-0.1, -0.05) is 23.4 Å². The van der Waals surface area contributed by atoms with E-state index in [1.807, 2.05) is 23.7 Å². The highest BCUT2D eigenvalue weighted by molar-refractivity contribution is 5.99. The van der Waals surface area contributed by atoms with Crippen molar-refractivity contribution < 1.29 is 23.6 Å². The Morgan fingerprint density at radius 3 is 2.85 bits per heavy atom. The van der Waals surface area contributed by atoms with Gasteiger partial charge in [0.1, 0.15) is 12.2 Å². The number of hydrogen-bond acceptors (Lipinski definition) is 6. The number of carbonyl (C=O) groups excluding carboxylic acids is 1. The topological polar surface area (TPSA) is 131 Å². The van der Waals surface area contributed by atoms with Gasteiger partial charge in [-0.25, -0.2) is 19.2 Å². The highest BCUT2D eigenvalue weighted by atomic mass is 19.1. The van der Waals surface area contributed by atoms with Crippen molar-refractivity contribution in [1.29, 1.82) is 0 Å². The zero-order valence-electron chi connectivity index (χ0n) is 21.4. The number of aryl methyl sites for hydroxylation is 2. The molecule has 0 saturated heterocycles. The summed E-state index contributed by atoms with van der Waals surface area (Å²) in [6.07, 6.45) is 0.752. The average molecular weight is 532 g/mol. The molecule has 39 heavy (non-hydrogen) atoms. The molecule has 5 aromatic rings. The normalized spacial score (nSPS) is 14.2. The summed E-state index contributed by atoms with van der Waals surface area (Å²) in [7, 11) is 1.90. The molecule has 6 rings (SSSR count). The first kappa shape index (κ1) is 24.6. The molecule has 1 unspecified atom stereocenters. The van der Waals surface area contributed by atoms with Crippen LogP contribution in [0.5, 0.6) is 0 Å². The first-order valence-corrected chi connectivity index (χ1v) is 12.5. The second kappa shape index (κ2) is 9.53. The van der Waals surface area contributed by atoms with Crippen molar-refractivity contribution in [2.75, 3.05) is 19.8 Å². The van der Waals surface area contributed by atoms with Gasteiger partial charge in [0.15, 0.2) is 17.2 Å². The van der Waals surface area contributed by atoms with Crippen LogP contribution in [0.1, 0.15) is 27.4 Å². The average Bonchev–Trinajstić information content (AvgIpc) is 3.63. The zero-order chi connectivity index (χ0) is 27.3. The Hall–Kier alpha value is -4.74. The van der Waals surface area contributed by atoms with Crippen molar-refractivity contribution in [3.63, 3.8) is 0 Å². The van der Waals surface area contributed by atoms with Gasteiger partial charge in [0, 0.05) is 38.0 Å². The van der Waals surface area contributed by atoms with Gasteiger partial charge < -0.3 is 29.0 Å². The molecule has 5 heterocycles. The minimum Gasteiger partial charge on any atom is -0.465 e. The highest BCUT2D eigenvalue weighted by Crippen LogP contribution is 2.33. The lowest BCUT2D eigenvalue weighted by molar-refractivity contribution is 0.0712. The maximum atomic E-state index is 13.4. The van der Waals surface area contributed by atoms with Crippen LogP contribution in [0.3, 0.4) is 0 Å².